The Morgan fingerprint density at radius 3 is 2.64 bits per heavy atom. The predicted octanol–water partition coefficient (Wildman–Crippen LogP) is 6.09. The monoisotopic (exact) mass is 463 g/mol. The van der Waals surface area contributed by atoms with Gasteiger partial charge in [-0.15, -0.1) is 11.3 Å². The van der Waals surface area contributed by atoms with Crippen molar-refractivity contribution in [3.63, 3.8) is 0 Å². The summed E-state index contributed by atoms with van der Waals surface area (Å²) in [6, 6.07) is 11.0. The minimum absolute atomic E-state index is 0.0161. The van der Waals surface area contributed by atoms with Gasteiger partial charge in [-0.25, -0.2) is 9.59 Å². The number of ether oxygens (including phenoxy) is 1. The molecular weight excluding hydrogens is 434 g/mol. The average molecular weight is 464 g/mol. The van der Waals surface area contributed by atoms with E-state index in [0.29, 0.717) is 24.4 Å². The van der Waals surface area contributed by atoms with Gasteiger partial charge >= 0.3 is 12.0 Å². The van der Waals surface area contributed by atoms with E-state index in [2.05, 4.69) is 35.1 Å². The number of fused-ring (bicyclic) bond motifs is 5. The van der Waals surface area contributed by atoms with E-state index >= 15 is 0 Å². The number of aromatic nitrogens is 1. The first kappa shape index (κ1) is 21.8. The number of benzene rings is 1. The molecule has 1 atom stereocenters. The Bertz CT molecular complexity index is 1180. The van der Waals surface area contributed by atoms with Crippen LogP contribution in [-0.4, -0.2) is 28.1 Å². The van der Waals surface area contributed by atoms with Crippen LogP contribution in [-0.2, 0) is 24.1 Å². The number of nitrogens with one attached hydrogen (secondary N) is 1. The van der Waals surface area contributed by atoms with Crippen molar-refractivity contribution < 1.29 is 14.3 Å². The molecule has 0 spiro atoms. The fraction of sp³-hybridized carbons (Fsp3) is 0.385. The number of esters is 1. The highest BCUT2D eigenvalue weighted by molar-refractivity contribution is 7.15. The molecule has 5 rings (SSSR count). The first-order chi connectivity index (χ1) is 16.1. The molecule has 6 nitrogen and oxygen atoms in total. The Morgan fingerprint density at radius 2 is 1.88 bits per heavy atom. The number of thiophene rings is 1. The average Bonchev–Trinajstić information content (AvgIpc) is 3.42. The quantitative estimate of drug-likeness (QED) is 0.476. The van der Waals surface area contributed by atoms with Gasteiger partial charge in [0.2, 0.25) is 0 Å². The third-order valence-electron chi connectivity index (χ3n) is 6.60. The molecule has 0 saturated heterocycles. The first-order valence-electron chi connectivity index (χ1n) is 11.8. The Labute approximate surface area is 198 Å². The lowest BCUT2D eigenvalue weighted by molar-refractivity contribution is 0.0526. The summed E-state index contributed by atoms with van der Waals surface area (Å²) in [5, 5.41) is 4.33. The van der Waals surface area contributed by atoms with Crippen molar-refractivity contribution in [3.05, 3.63) is 69.9 Å². The summed E-state index contributed by atoms with van der Waals surface area (Å²) in [5.41, 5.74) is 5.05. The number of nitrogens with zero attached hydrogens (tertiary/aromatic N) is 2. The smallest absolute Gasteiger partial charge is 0.338 e. The third kappa shape index (κ3) is 3.95. The van der Waals surface area contributed by atoms with E-state index in [9.17, 15) is 9.59 Å². The summed E-state index contributed by atoms with van der Waals surface area (Å²) in [4.78, 5) is 28.9. The largest absolute Gasteiger partial charge is 0.462 e. The highest BCUT2D eigenvalue weighted by Crippen LogP contribution is 2.43. The van der Waals surface area contributed by atoms with Gasteiger partial charge in [-0.3, -0.25) is 0 Å². The van der Waals surface area contributed by atoms with Gasteiger partial charge in [0.15, 0.2) is 0 Å². The van der Waals surface area contributed by atoms with E-state index < -0.39 is 0 Å². The maximum Gasteiger partial charge on any atom is 0.338 e. The van der Waals surface area contributed by atoms with E-state index in [0.717, 1.165) is 25.0 Å². The molecule has 1 aromatic carbocycles. The van der Waals surface area contributed by atoms with E-state index in [4.69, 9.17) is 4.74 Å². The number of carbonyl (C=O) groups is 2. The molecule has 172 valence electrons. The first-order valence-corrected chi connectivity index (χ1v) is 12.6. The van der Waals surface area contributed by atoms with Gasteiger partial charge < -0.3 is 19.5 Å². The molecule has 2 amide bonds. The number of hydrogen-bond donors (Lipinski definition) is 1. The van der Waals surface area contributed by atoms with Crippen LogP contribution in [0.4, 0.5) is 10.5 Å². The molecule has 3 aromatic rings. The highest BCUT2D eigenvalue weighted by atomic mass is 32.1. The number of hydrogen-bond acceptors (Lipinski definition) is 4. The number of rotatable bonds is 4. The number of amides is 2. The zero-order valence-electron chi connectivity index (χ0n) is 19.1. The zero-order chi connectivity index (χ0) is 22.9. The molecule has 3 heterocycles. The van der Waals surface area contributed by atoms with Crippen molar-refractivity contribution in [2.45, 2.75) is 58.5 Å². The number of carbonyl (C=O) groups excluding carboxylic acids is 2. The number of urea groups is 1. The second-order valence-electron chi connectivity index (χ2n) is 8.58. The van der Waals surface area contributed by atoms with Crippen LogP contribution in [0.2, 0.25) is 0 Å². The van der Waals surface area contributed by atoms with E-state index in [1.54, 1.807) is 31.2 Å². The maximum absolute atomic E-state index is 13.6. The van der Waals surface area contributed by atoms with Crippen LogP contribution in [0, 0.1) is 0 Å². The second-order valence-corrected chi connectivity index (χ2v) is 9.66. The minimum Gasteiger partial charge on any atom is -0.462 e. The summed E-state index contributed by atoms with van der Waals surface area (Å²) in [5.74, 6) is -0.357. The van der Waals surface area contributed by atoms with Gasteiger partial charge in [0.05, 0.1) is 24.8 Å². The van der Waals surface area contributed by atoms with Crippen LogP contribution >= 0.6 is 11.3 Å². The lowest BCUT2D eigenvalue weighted by Crippen LogP contribution is -2.37. The molecule has 0 saturated carbocycles. The molecule has 33 heavy (non-hydrogen) atoms. The van der Waals surface area contributed by atoms with Gasteiger partial charge in [-0.1, -0.05) is 6.92 Å². The number of anilines is 1. The van der Waals surface area contributed by atoms with E-state index in [-0.39, 0.29) is 18.0 Å². The van der Waals surface area contributed by atoms with Gasteiger partial charge in [0.1, 0.15) is 5.00 Å². The van der Waals surface area contributed by atoms with Crippen molar-refractivity contribution in [2.24, 2.45) is 0 Å². The molecule has 1 unspecified atom stereocenters. The minimum atomic E-state index is -0.357. The fourth-order valence-electron chi connectivity index (χ4n) is 5.01. The Morgan fingerprint density at radius 1 is 1.09 bits per heavy atom. The molecule has 0 fully saturated rings. The van der Waals surface area contributed by atoms with Crippen molar-refractivity contribution in [1.29, 1.82) is 0 Å². The van der Waals surface area contributed by atoms with Crippen molar-refractivity contribution in [1.82, 2.24) is 9.47 Å². The molecule has 2 aromatic heterocycles. The lowest BCUT2D eigenvalue weighted by Gasteiger charge is -2.30. The summed E-state index contributed by atoms with van der Waals surface area (Å²) in [7, 11) is 0. The number of aryl methyl sites for hydroxylation is 1. The Kier molecular flexibility index (Phi) is 5.98. The Hall–Kier alpha value is -3.06. The van der Waals surface area contributed by atoms with Crippen LogP contribution in [0.15, 0.2) is 42.6 Å². The third-order valence-corrected chi connectivity index (χ3v) is 7.93. The van der Waals surface area contributed by atoms with Gasteiger partial charge in [0.25, 0.3) is 0 Å². The van der Waals surface area contributed by atoms with Crippen molar-refractivity contribution in [3.8, 4) is 5.00 Å². The predicted molar refractivity (Wildman–Crippen MR) is 130 cm³/mol. The molecule has 7 heteroatoms. The summed E-state index contributed by atoms with van der Waals surface area (Å²) in [6.45, 7) is 4.85. The summed E-state index contributed by atoms with van der Waals surface area (Å²) < 4.78 is 7.35. The second kappa shape index (κ2) is 9.06. The van der Waals surface area contributed by atoms with Crippen LogP contribution < -0.4 is 5.32 Å². The van der Waals surface area contributed by atoms with E-state index in [1.165, 1.54) is 33.8 Å². The van der Waals surface area contributed by atoms with Gasteiger partial charge in [-0.2, -0.15) is 0 Å². The van der Waals surface area contributed by atoms with Gasteiger partial charge in [-0.05, 0) is 81.0 Å². The molecule has 2 aliphatic rings. The lowest BCUT2D eigenvalue weighted by atomic mass is 9.95. The summed E-state index contributed by atoms with van der Waals surface area (Å²) in [6.07, 6.45) is 7.66. The topological polar surface area (TPSA) is 63.6 Å². The van der Waals surface area contributed by atoms with Crippen LogP contribution in [0.3, 0.4) is 0 Å². The molecule has 1 aliphatic heterocycles. The molecule has 0 bridgehead atoms. The van der Waals surface area contributed by atoms with Crippen molar-refractivity contribution >= 4 is 29.0 Å². The maximum atomic E-state index is 13.6. The van der Waals surface area contributed by atoms with Crippen LogP contribution in [0.1, 0.15) is 71.2 Å². The van der Waals surface area contributed by atoms with Crippen molar-refractivity contribution in [2.75, 3.05) is 11.9 Å². The molecule has 0 radical (unpaired) electrons. The zero-order valence-corrected chi connectivity index (χ0v) is 19.9. The standard InChI is InChI=1S/C26H29N3O3S/c1-3-21-22-9-7-15-28(22)24-20(19-8-5-6-10-23(19)33-24)16-29(21)26(31)27-18-13-11-17(12-14-18)25(30)32-4-2/h7,9,11-15,21H,3-6,8,10,16H2,1-2H3,(H,27,31). The Balaban J connectivity index is 1.45. The molecule has 1 N–H and O–H groups in total. The molecule has 1 aliphatic carbocycles. The van der Waals surface area contributed by atoms with E-state index in [1.807, 2.05) is 16.2 Å². The fourth-order valence-corrected chi connectivity index (χ4v) is 6.41. The SMILES string of the molecule is CCOC(=O)c1ccc(NC(=O)N2Cc3c(sc4c3CCCC4)-n3cccc3C2CC)cc1. The normalized spacial score (nSPS) is 16.9. The van der Waals surface area contributed by atoms with Crippen LogP contribution in [0.5, 0.6) is 0 Å². The molecular formula is C26H29N3O3S. The van der Waals surface area contributed by atoms with Gasteiger partial charge in [0, 0.05) is 28.0 Å². The van der Waals surface area contributed by atoms with Crippen LogP contribution in [0.25, 0.3) is 5.00 Å². The highest BCUT2D eigenvalue weighted by Gasteiger charge is 2.34. The summed E-state index contributed by atoms with van der Waals surface area (Å²) >= 11 is 1.90.